The summed E-state index contributed by atoms with van der Waals surface area (Å²) in [7, 11) is -3.67. The zero-order valence-electron chi connectivity index (χ0n) is 19.0. The van der Waals surface area contributed by atoms with Crippen LogP contribution in [0.1, 0.15) is 26.3 Å². The van der Waals surface area contributed by atoms with Crippen LogP contribution in [0.25, 0.3) is 0 Å². The fourth-order valence-electron chi connectivity index (χ4n) is 4.62. The maximum atomic E-state index is 13.2. The molecule has 0 unspecified atom stereocenters. The van der Waals surface area contributed by atoms with Gasteiger partial charge < -0.3 is 19.4 Å². The molecule has 1 aromatic rings. The van der Waals surface area contributed by atoms with Crippen molar-refractivity contribution < 1.29 is 22.7 Å². The summed E-state index contributed by atoms with van der Waals surface area (Å²) in [5.41, 5.74) is 0.342. The van der Waals surface area contributed by atoms with Gasteiger partial charge in [-0.1, -0.05) is 6.92 Å². The van der Waals surface area contributed by atoms with E-state index in [9.17, 15) is 18.0 Å². The van der Waals surface area contributed by atoms with Gasteiger partial charge in [-0.15, -0.1) is 0 Å². The van der Waals surface area contributed by atoms with E-state index in [1.165, 1.54) is 15.3 Å². The minimum atomic E-state index is -3.67. The molecule has 2 saturated heterocycles. The van der Waals surface area contributed by atoms with Crippen LogP contribution in [0.4, 0.5) is 5.69 Å². The van der Waals surface area contributed by atoms with Crippen molar-refractivity contribution in [3.8, 4) is 0 Å². The van der Waals surface area contributed by atoms with Gasteiger partial charge in [-0.2, -0.15) is 4.31 Å². The number of hydrogen-bond acceptors (Lipinski definition) is 6. The van der Waals surface area contributed by atoms with Crippen LogP contribution >= 0.6 is 0 Å². The van der Waals surface area contributed by atoms with Crippen molar-refractivity contribution >= 4 is 27.5 Å². The third-order valence-corrected chi connectivity index (χ3v) is 8.68. The van der Waals surface area contributed by atoms with Crippen molar-refractivity contribution in [1.82, 2.24) is 14.1 Å². The quantitative estimate of drug-likeness (QED) is 0.630. The second kappa shape index (κ2) is 8.74. The molecule has 176 valence electrons. The Balaban J connectivity index is 1.57. The van der Waals surface area contributed by atoms with E-state index in [1.807, 2.05) is 4.90 Å². The Morgan fingerprint density at radius 3 is 2.34 bits per heavy atom. The molecule has 2 amide bonds. The normalized spacial score (nSPS) is 22.3. The number of morpholine rings is 1. The highest BCUT2D eigenvalue weighted by Crippen LogP contribution is 2.42. The van der Waals surface area contributed by atoms with Gasteiger partial charge in [-0.3, -0.25) is 9.59 Å². The van der Waals surface area contributed by atoms with E-state index >= 15 is 0 Å². The van der Waals surface area contributed by atoms with E-state index < -0.39 is 15.4 Å². The number of fused-ring (bicyclic) bond motifs is 1. The predicted molar refractivity (Wildman–Crippen MR) is 120 cm³/mol. The number of amides is 2. The Labute approximate surface area is 189 Å². The molecule has 3 aliphatic heterocycles. The third kappa shape index (κ3) is 4.05. The molecule has 0 bridgehead atoms. The predicted octanol–water partition coefficient (Wildman–Crippen LogP) is 0.496. The van der Waals surface area contributed by atoms with Gasteiger partial charge in [0.15, 0.2) is 0 Å². The molecule has 3 heterocycles. The third-order valence-electron chi connectivity index (χ3n) is 6.79. The molecule has 9 nitrogen and oxygen atoms in total. The summed E-state index contributed by atoms with van der Waals surface area (Å²) in [6.45, 7) is 10.9. The number of carbonyl (C=O) groups is 2. The number of nitrogens with zero attached hydrogens (tertiary/aromatic N) is 4. The molecule has 1 aromatic carbocycles. The molecule has 0 spiro atoms. The Kier molecular flexibility index (Phi) is 6.32. The van der Waals surface area contributed by atoms with E-state index in [-0.39, 0.29) is 23.3 Å². The monoisotopic (exact) mass is 464 g/mol. The second-order valence-electron chi connectivity index (χ2n) is 9.03. The number of likely N-dealkylation sites (N-methyl/N-ethyl adjacent to an activating group) is 1. The van der Waals surface area contributed by atoms with Crippen LogP contribution in [0.2, 0.25) is 0 Å². The van der Waals surface area contributed by atoms with Crippen molar-refractivity contribution in [1.29, 1.82) is 0 Å². The van der Waals surface area contributed by atoms with Gasteiger partial charge in [-0.25, -0.2) is 8.42 Å². The minimum Gasteiger partial charge on any atom is -0.379 e. The molecule has 10 heteroatoms. The van der Waals surface area contributed by atoms with Crippen LogP contribution in [0.3, 0.4) is 0 Å². The topological polar surface area (TPSA) is 90.5 Å². The number of carbonyl (C=O) groups excluding carboxylic acids is 2. The zero-order chi connectivity index (χ0) is 23.1. The van der Waals surface area contributed by atoms with E-state index in [2.05, 4.69) is 11.8 Å². The lowest BCUT2D eigenvalue weighted by atomic mass is 9.86. The standard InChI is InChI=1S/C22H32N4O5S/c1-4-23-7-9-24(10-8-23)20(27)16-26-19-6-5-17(15-18(19)22(2,3)21(26)28)32(29,30)25-11-13-31-14-12-25/h5-6,15H,4,7-14,16H2,1-3H3. The molecule has 0 saturated carbocycles. The highest BCUT2D eigenvalue weighted by atomic mass is 32.2. The summed E-state index contributed by atoms with van der Waals surface area (Å²) >= 11 is 0. The first kappa shape index (κ1) is 23.2. The fourth-order valence-corrected chi connectivity index (χ4v) is 6.05. The minimum absolute atomic E-state index is 0.0308. The smallest absolute Gasteiger partial charge is 0.243 e. The lowest BCUT2D eigenvalue weighted by Gasteiger charge is -2.35. The van der Waals surface area contributed by atoms with Crippen LogP contribution in [0.5, 0.6) is 0 Å². The van der Waals surface area contributed by atoms with Gasteiger partial charge in [0.25, 0.3) is 0 Å². The molecule has 4 rings (SSSR count). The number of anilines is 1. The SMILES string of the molecule is CCN1CCN(C(=O)CN2C(=O)C(C)(C)c3cc(S(=O)(=O)N4CCOCC4)ccc32)CC1. The molecule has 3 aliphatic rings. The largest absolute Gasteiger partial charge is 0.379 e. The van der Waals surface area contributed by atoms with Crippen molar-refractivity contribution in [2.45, 2.75) is 31.1 Å². The van der Waals surface area contributed by atoms with Gasteiger partial charge >= 0.3 is 0 Å². The zero-order valence-corrected chi connectivity index (χ0v) is 19.9. The Hall–Kier alpha value is -2.01. The number of benzene rings is 1. The number of rotatable bonds is 5. The van der Waals surface area contributed by atoms with E-state index in [4.69, 9.17) is 4.74 Å². The molecular weight excluding hydrogens is 432 g/mol. The van der Waals surface area contributed by atoms with Crippen LogP contribution in [0, 0.1) is 0 Å². The molecule has 0 radical (unpaired) electrons. The molecule has 0 aliphatic carbocycles. The first-order chi connectivity index (χ1) is 15.2. The summed E-state index contributed by atoms with van der Waals surface area (Å²) in [6.07, 6.45) is 0. The molecule has 0 N–H and O–H groups in total. The van der Waals surface area contributed by atoms with Gasteiger partial charge in [0.1, 0.15) is 6.54 Å². The van der Waals surface area contributed by atoms with Crippen molar-refractivity contribution in [2.75, 3.05) is 70.5 Å². The maximum Gasteiger partial charge on any atom is 0.243 e. The number of sulfonamides is 1. The van der Waals surface area contributed by atoms with Crippen molar-refractivity contribution in [3.05, 3.63) is 23.8 Å². The second-order valence-corrected chi connectivity index (χ2v) is 11.0. The summed E-state index contributed by atoms with van der Waals surface area (Å²) in [6, 6.07) is 4.80. The Morgan fingerprint density at radius 2 is 1.72 bits per heavy atom. The average molecular weight is 465 g/mol. The number of hydrogen-bond donors (Lipinski definition) is 0. The van der Waals surface area contributed by atoms with Gasteiger partial charge in [-0.05, 0) is 44.2 Å². The van der Waals surface area contributed by atoms with Crippen molar-refractivity contribution in [3.63, 3.8) is 0 Å². The highest BCUT2D eigenvalue weighted by molar-refractivity contribution is 7.89. The molecule has 0 atom stereocenters. The Bertz CT molecular complexity index is 996. The van der Waals surface area contributed by atoms with E-state index in [1.54, 1.807) is 26.0 Å². The summed E-state index contributed by atoms with van der Waals surface area (Å²) in [5.74, 6) is -0.267. The van der Waals surface area contributed by atoms with Gasteiger partial charge in [0, 0.05) is 45.0 Å². The lowest BCUT2D eigenvalue weighted by Crippen LogP contribution is -2.52. The van der Waals surface area contributed by atoms with Crippen LogP contribution in [-0.4, -0.2) is 99.9 Å². The lowest BCUT2D eigenvalue weighted by molar-refractivity contribution is -0.133. The molecule has 2 fully saturated rings. The fraction of sp³-hybridized carbons (Fsp3) is 0.636. The van der Waals surface area contributed by atoms with Crippen LogP contribution in [-0.2, 0) is 29.8 Å². The summed E-state index contributed by atoms with van der Waals surface area (Å²) in [5, 5.41) is 0. The van der Waals surface area contributed by atoms with Gasteiger partial charge in [0.2, 0.25) is 21.8 Å². The van der Waals surface area contributed by atoms with Crippen molar-refractivity contribution in [2.24, 2.45) is 0 Å². The van der Waals surface area contributed by atoms with E-state index in [0.717, 1.165) is 19.6 Å². The first-order valence-electron chi connectivity index (χ1n) is 11.2. The number of piperazine rings is 1. The van der Waals surface area contributed by atoms with Gasteiger partial charge in [0.05, 0.1) is 23.5 Å². The molecule has 0 aromatic heterocycles. The highest BCUT2D eigenvalue weighted by Gasteiger charge is 2.45. The molecule has 32 heavy (non-hydrogen) atoms. The Morgan fingerprint density at radius 1 is 1.06 bits per heavy atom. The average Bonchev–Trinajstić information content (AvgIpc) is 3.00. The summed E-state index contributed by atoms with van der Waals surface area (Å²) in [4.78, 5) is 32.0. The van der Waals surface area contributed by atoms with Crippen LogP contribution < -0.4 is 4.90 Å². The maximum absolute atomic E-state index is 13.2. The molecular formula is C22H32N4O5S. The summed E-state index contributed by atoms with van der Waals surface area (Å²) < 4.78 is 32.9. The number of ether oxygens (including phenoxy) is 1. The van der Waals surface area contributed by atoms with Crippen LogP contribution in [0.15, 0.2) is 23.1 Å². The first-order valence-corrected chi connectivity index (χ1v) is 12.6. The van der Waals surface area contributed by atoms with E-state index in [0.29, 0.717) is 50.6 Å².